The van der Waals surface area contributed by atoms with Gasteiger partial charge in [0.25, 0.3) is 0 Å². The lowest BCUT2D eigenvalue weighted by molar-refractivity contribution is 0.335. The number of allylic oxidation sites excluding steroid dienone is 2. The van der Waals surface area contributed by atoms with Gasteiger partial charge in [-0.25, -0.2) is 0 Å². The second-order valence-corrected chi connectivity index (χ2v) is 2.14. The molecule has 0 atom stereocenters. The molecule has 60 valence electrons. The fourth-order valence-electron chi connectivity index (χ4n) is 0.507. The van der Waals surface area contributed by atoms with Crippen LogP contribution >= 0.6 is 11.6 Å². The van der Waals surface area contributed by atoms with Crippen molar-refractivity contribution in [1.82, 2.24) is 0 Å². The van der Waals surface area contributed by atoms with Gasteiger partial charge in [0.1, 0.15) is 0 Å². The minimum atomic E-state index is 0.00205. The second kappa shape index (κ2) is 7.40. The third-order valence-corrected chi connectivity index (χ3v) is 1.18. The molecule has 1 N–H and O–H groups in total. The van der Waals surface area contributed by atoms with E-state index in [4.69, 9.17) is 16.7 Å². The Morgan fingerprint density at radius 1 is 1.64 bits per heavy atom. The van der Waals surface area contributed by atoms with Gasteiger partial charge in [-0.1, -0.05) is 18.1 Å². The van der Waals surface area contributed by atoms with Crippen LogP contribution in [0, 0.1) is 11.8 Å². The molecule has 0 aliphatic heterocycles. The molecule has 0 unspecified atom stereocenters. The molecular formula is C9H11ClO. The third-order valence-electron chi connectivity index (χ3n) is 1.01. The number of hydrogen-bond acceptors (Lipinski definition) is 1. The first-order valence-electron chi connectivity index (χ1n) is 3.29. The van der Waals surface area contributed by atoms with E-state index in [2.05, 4.69) is 11.8 Å². The Kier molecular flexibility index (Phi) is 6.92. The van der Waals surface area contributed by atoms with Crippen molar-refractivity contribution in [3.05, 3.63) is 23.8 Å². The Labute approximate surface area is 72.4 Å². The molecule has 1 nitrogen and oxygen atoms in total. The molecule has 0 aromatic heterocycles. The lowest BCUT2D eigenvalue weighted by atomic mass is 10.2. The van der Waals surface area contributed by atoms with Crippen molar-refractivity contribution in [3.8, 4) is 11.8 Å². The summed E-state index contributed by atoms with van der Waals surface area (Å²) in [6, 6.07) is 0. The van der Waals surface area contributed by atoms with Gasteiger partial charge < -0.3 is 5.11 Å². The van der Waals surface area contributed by atoms with Gasteiger partial charge in [0, 0.05) is 5.88 Å². The van der Waals surface area contributed by atoms with E-state index in [1.54, 1.807) is 25.2 Å². The van der Waals surface area contributed by atoms with Crippen LogP contribution in [0.25, 0.3) is 0 Å². The van der Waals surface area contributed by atoms with Crippen molar-refractivity contribution >= 4 is 11.6 Å². The van der Waals surface area contributed by atoms with Crippen molar-refractivity contribution in [2.24, 2.45) is 0 Å². The van der Waals surface area contributed by atoms with Crippen LogP contribution < -0.4 is 0 Å². The van der Waals surface area contributed by atoms with Crippen molar-refractivity contribution in [1.29, 1.82) is 0 Å². The van der Waals surface area contributed by atoms with Crippen LogP contribution in [0.1, 0.15) is 6.92 Å². The topological polar surface area (TPSA) is 20.2 Å². The second-order valence-electron chi connectivity index (χ2n) is 1.83. The number of hydrogen-bond donors (Lipinski definition) is 1. The first-order chi connectivity index (χ1) is 5.35. The summed E-state index contributed by atoms with van der Waals surface area (Å²) in [5, 5.41) is 8.75. The molecule has 0 aliphatic rings. The van der Waals surface area contributed by atoms with Crippen molar-refractivity contribution in [3.63, 3.8) is 0 Å². The van der Waals surface area contributed by atoms with E-state index < -0.39 is 0 Å². The van der Waals surface area contributed by atoms with E-state index in [1.807, 2.05) is 0 Å². The van der Waals surface area contributed by atoms with E-state index in [0.717, 1.165) is 5.57 Å². The lowest BCUT2D eigenvalue weighted by Crippen LogP contribution is -1.84. The smallest absolute Gasteiger partial charge is 0.0687 e. The average Bonchev–Trinajstić information content (AvgIpc) is 2.05. The lowest BCUT2D eigenvalue weighted by Gasteiger charge is -1.90. The molecule has 0 bridgehead atoms. The van der Waals surface area contributed by atoms with Gasteiger partial charge in [0.05, 0.1) is 6.61 Å². The zero-order valence-electron chi connectivity index (χ0n) is 6.47. The molecule has 0 saturated heterocycles. The molecule has 0 radical (unpaired) electrons. The fraction of sp³-hybridized carbons (Fsp3) is 0.333. The van der Waals surface area contributed by atoms with Gasteiger partial charge in [-0.05, 0) is 18.6 Å². The summed E-state index contributed by atoms with van der Waals surface area (Å²) >= 11 is 5.40. The van der Waals surface area contributed by atoms with E-state index >= 15 is 0 Å². The summed E-state index contributed by atoms with van der Waals surface area (Å²) in [7, 11) is 0. The molecule has 0 heterocycles. The number of aliphatic hydroxyl groups excluding tert-OH is 1. The largest absolute Gasteiger partial charge is 0.392 e. The highest BCUT2D eigenvalue weighted by molar-refractivity contribution is 6.18. The zero-order valence-corrected chi connectivity index (χ0v) is 7.23. The molecule has 0 saturated carbocycles. The molecule has 0 fully saturated rings. The highest BCUT2D eigenvalue weighted by atomic mass is 35.5. The minimum Gasteiger partial charge on any atom is -0.392 e. The van der Waals surface area contributed by atoms with Gasteiger partial charge >= 0.3 is 0 Å². The molecule has 0 rings (SSSR count). The van der Waals surface area contributed by atoms with Crippen LogP contribution in [-0.4, -0.2) is 17.6 Å². The molecule has 11 heavy (non-hydrogen) atoms. The van der Waals surface area contributed by atoms with Gasteiger partial charge in [-0.3, -0.25) is 0 Å². The summed E-state index contributed by atoms with van der Waals surface area (Å²) in [4.78, 5) is 0. The first-order valence-corrected chi connectivity index (χ1v) is 3.83. The quantitative estimate of drug-likeness (QED) is 0.389. The Morgan fingerprint density at radius 2 is 2.36 bits per heavy atom. The molecule has 0 aromatic carbocycles. The van der Waals surface area contributed by atoms with Gasteiger partial charge in [-0.15, -0.1) is 17.5 Å². The first kappa shape index (κ1) is 10.3. The summed E-state index contributed by atoms with van der Waals surface area (Å²) in [6.45, 7) is 1.75. The van der Waals surface area contributed by atoms with Crippen LogP contribution in [0.3, 0.4) is 0 Å². The van der Waals surface area contributed by atoms with E-state index in [9.17, 15) is 0 Å². The SMILES string of the molecule is CC#C/C=C(\C=C/CCl)CO. The van der Waals surface area contributed by atoms with Crippen LogP contribution in [0.15, 0.2) is 23.8 Å². The van der Waals surface area contributed by atoms with Crippen LogP contribution in [0.5, 0.6) is 0 Å². The summed E-state index contributed by atoms with van der Waals surface area (Å²) < 4.78 is 0. The normalized spacial score (nSPS) is 11.4. The third kappa shape index (κ3) is 5.72. The molecule has 2 heteroatoms. The zero-order chi connectivity index (χ0) is 8.53. The maximum Gasteiger partial charge on any atom is 0.0687 e. The summed E-state index contributed by atoms with van der Waals surface area (Å²) in [5.74, 6) is 5.90. The van der Waals surface area contributed by atoms with Gasteiger partial charge in [0.2, 0.25) is 0 Å². The predicted molar refractivity (Wildman–Crippen MR) is 48.5 cm³/mol. The number of alkyl halides is 1. The van der Waals surface area contributed by atoms with Gasteiger partial charge in [0.15, 0.2) is 0 Å². The molecule has 0 spiro atoms. The average molecular weight is 171 g/mol. The summed E-state index contributed by atoms with van der Waals surface area (Å²) in [5.41, 5.74) is 0.778. The Hall–Kier alpha value is -0.710. The Bertz CT molecular complexity index is 205. The Morgan fingerprint density at radius 3 is 2.82 bits per heavy atom. The predicted octanol–water partition coefficient (Wildman–Crippen LogP) is 1.72. The Balaban J connectivity index is 4.11. The maximum atomic E-state index is 8.75. The maximum absolute atomic E-state index is 8.75. The minimum absolute atomic E-state index is 0.00205. The monoisotopic (exact) mass is 170 g/mol. The van der Waals surface area contributed by atoms with Crippen molar-refractivity contribution in [2.75, 3.05) is 12.5 Å². The van der Waals surface area contributed by atoms with Crippen LogP contribution in [0.4, 0.5) is 0 Å². The fourth-order valence-corrected chi connectivity index (χ4v) is 0.596. The highest BCUT2D eigenvalue weighted by Crippen LogP contribution is 1.94. The van der Waals surface area contributed by atoms with E-state index in [0.29, 0.717) is 5.88 Å². The van der Waals surface area contributed by atoms with E-state index in [1.165, 1.54) is 0 Å². The van der Waals surface area contributed by atoms with Crippen molar-refractivity contribution < 1.29 is 5.11 Å². The molecular weight excluding hydrogens is 160 g/mol. The van der Waals surface area contributed by atoms with E-state index in [-0.39, 0.29) is 6.61 Å². The number of halogens is 1. The molecule has 0 aromatic rings. The van der Waals surface area contributed by atoms with Crippen LogP contribution in [-0.2, 0) is 0 Å². The number of aliphatic hydroxyl groups is 1. The summed E-state index contributed by atoms with van der Waals surface area (Å²) in [6.07, 6.45) is 5.20. The number of rotatable bonds is 3. The standard InChI is InChI=1S/C9H11ClO/c1-2-3-5-9(8-11)6-4-7-10/h4-6,11H,7-8H2,1H3/b6-4-,9-5+. The molecule has 0 aliphatic carbocycles. The molecule has 0 amide bonds. The van der Waals surface area contributed by atoms with Crippen molar-refractivity contribution in [2.45, 2.75) is 6.92 Å². The van der Waals surface area contributed by atoms with Gasteiger partial charge in [-0.2, -0.15) is 0 Å². The highest BCUT2D eigenvalue weighted by Gasteiger charge is 1.84. The van der Waals surface area contributed by atoms with Crippen LogP contribution in [0.2, 0.25) is 0 Å².